The zero-order valence-electron chi connectivity index (χ0n) is 18.8. The minimum absolute atomic E-state index is 0.101. The van der Waals surface area contributed by atoms with E-state index in [1.165, 1.54) is 12.1 Å². The summed E-state index contributed by atoms with van der Waals surface area (Å²) in [6, 6.07) is 14.2. The van der Waals surface area contributed by atoms with Crippen LogP contribution in [0.2, 0.25) is 0 Å². The normalized spacial score (nSPS) is 20.6. The minimum Gasteiger partial charge on any atom is -0.497 e. The van der Waals surface area contributed by atoms with Crippen LogP contribution in [-0.2, 0) is 35.1 Å². The molecule has 1 fully saturated rings. The van der Waals surface area contributed by atoms with Gasteiger partial charge in [-0.3, -0.25) is 4.18 Å². The molecule has 32 heavy (non-hydrogen) atoms. The highest BCUT2D eigenvalue weighted by atomic mass is 32.2. The van der Waals surface area contributed by atoms with Crippen molar-refractivity contribution >= 4 is 10.1 Å². The standard InChI is InChI=1S/C24H30O7S/c1-18-7-13-21(14-8-18)32(25,26)29-15-5-6-22-23(31-24(2,3)30-22)17-28-16-19-9-11-20(27-4)12-10-19/h5-14,22-23H,15-17H2,1-4H3/b6-5+/t22-,23-/m0/s1. The number of hydrogen-bond acceptors (Lipinski definition) is 7. The number of benzene rings is 2. The zero-order chi connectivity index (χ0) is 23.2. The van der Waals surface area contributed by atoms with Crippen LogP contribution in [0.5, 0.6) is 5.75 Å². The topological polar surface area (TPSA) is 80.3 Å². The fourth-order valence-electron chi connectivity index (χ4n) is 3.26. The molecule has 2 aromatic carbocycles. The summed E-state index contributed by atoms with van der Waals surface area (Å²) in [7, 11) is -2.19. The molecule has 1 aliphatic heterocycles. The Hall–Kier alpha value is -2.23. The Kier molecular flexibility index (Phi) is 8.08. The van der Waals surface area contributed by atoms with E-state index >= 15 is 0 Å². The molecule has 8 heteroatoms. The maximum atomic E-state index is 12.3. The molecule has 0 amide bonds. The molecule has 1 saturated heterocycles. The monoisotopic (exact) mass is 462 g/mol. The van der Waals surface area contributed by atoms with Gasteiger partial charge in [-0.2, -0.15) is 8.42 Å². The van der Waals surface area contributed by atoms with Gasteiger partial charge in [0.1, 0.15) is 18.0 Å². The first-order chi connectivity index (χ1) is 15.2. The Bertz CT molecular complexity index is 996. The Morgan fingerprint density at radius 3 is 2.38 bits per heavy atom. The van der Waals surface area contributed by atoms with Gasteiger partial charge in [0.2, 0.25) is 0 Å². The highest BCUT2D eigenvalue weighted by Crippen LogP contribution is 2.29. The lowest BCUT2D eigenvalue weighted by Gasteiger charge is -2.16. The third-order valence-electron chi connectivity index (χ3n) is 4.89. The second-order valence-electron chi connectivity index (χ2n) is 7.98. The quantitative estimate of drug-likeness (QED) is 0.390. The number of methoxy groups -OCH3 is 1. The maximum absolute atomic E-state index is 12.3. The van der Waals surface area contributed by atoms with Gasteiger partial charge < -0.3 is 18.9 Å². The molecule has 1 aliphatic rings. The summed E-state index contributed by atoms with van der Waals surface area (Å²) in [6.45, 7) is 6.20. The van der Waals surface area contributed by atoms with Gasteiger partial charge in [0, 0.05) is 0 Å². The molecule has 1 heterocycles. The molecule has 2 atom stereocenters. The molecule has 0 spiro atoms. The SMILES string of the molecule is COc1ccc(COC[C@@H]2OC(C)(C)O[C@H]2/C=C/COS(=O)(=O)c2ccc(C)cc2)cc1. The molecule has 0 saturated carbocycles. The van der Waals surface area contributed by atoms with Crippen molar-refractivity contribution in [3.8, 4) is 5.75 Å². The average Bonchev–Trinajstić information content (AvgIpc) is 3.05. The summed E-state index contributed by atoms with van der Waals surface area (Å²) in [6.07, 6.45) is 2.66. The van der Waals surface area contributed by atoms with Crippen LogP contribution in [-0.4, -0.2) is 46.7 Å². The van der Waals surface area contributed by atoms with Crippen LogP contribution >= 0.6 is 0 Å². The first kappa shape index (κ1) is 24.4. The lowest BCUT2D eigenvalue weighted by atomic mass is 10.2. The van der Waals surface area contributed by atoms with Crippen LogP contribution in [0.3, 0.4) is 0 Å². The van der Waals surface area contributed by atoms with E-state index in [2.05, 4.69) is 0 Å². The van der Waals surface area contributed by atoms with Gasteiger partial charge in [0.25, 0.3) is 10.1 Å². The molecule has 7 nitrogen and oxygen atoms in total. The van der Waals surface area contributed by atoms with E-state index in [1.54, 1.807) is 31.4 Å². The van der Waals surface area contributed by atoms with Gasteiger partial charge in [-0.15, -0.1) is 0 Å². The van der Waals surface area contributed by atoms with Gasteiger partial charge in [-0.25, -0.2) is 0 Å². The van der Waals surface area contributed by atoms with E-state index in [0.717, 1.165) is 16.9 Å². The van der Waals surface area contributed by atoms with Crippen LogP contribution in [0.4, 0.5) is 0 Å². The predicted octanol–water partition coefficient (Wildman–Crippen LogP) is 4.00. The van der Waals surface area contributed by atoms with E-state index in [0.29, 0.717) is 13.2 Å². The third-order valence-corrected chi connectivity index (χ3v) is 6.18. The fraction of sp³-hybridized carbons (Fsp3) is 0.417. The summed E-state index contributed by atoms with van der Waals surface area (Å²) in [5.74, 6) is 0.0256. The first-order valence-corrected chi connectivity index (χ1v) is 11.8. The Morgan fingerprint density at radius 2 is 1.72 bits per heavy atom. The molecule has 0 aromatic heterocycles. The van der Waals surface area contributed by atoms with Gasteiger partial charge in [-0.1, -0.05) is 42.0 Å². The predicted molar refractivity (Wildman–Crippen MR) is 120 cm³/mol. The Balaban J connectivity index is 1.51. The van der Waals surface area contributed by atoms with Crippen molar-refractivity contribution < 1.29 is 31.5 Å². The lowest BCUT2D eigenvalue weighted by molar-refractivity contribution is -0.148. The maximum Gasteiger partial charge on any atom is 0.297 e. The van der Waals surface area contributed by atoms with E-state index in [4.69, 9.17) is 23.1 Å². The lowest BCUT2D eigenvalue weighted by Crippen LogP contribution is -2.26. The van der Waals surface area contributed by atoms with E-state index in [-0.39, 0.29) is 23.7 Å². The van der Waals surface area contributed by atoms with E-state index in [1.807, 2.05) is 45.0 Å². The van der Waals surface area contributed by atoms with Crippen molar-refractivity contribution in [2.75, 3.05) is 20.3 Å². The van der Waals surface area contributed by atoms with Crippen LogP contribution in [0.15, 0.2) is 65.6 Å². The minimum atomic E-state index is -3.82. The van der Waals surface area contributed by atoms with Crippen molar-refractivity contribution in [1.29, 1.82) is 0 Å². The van der Waals surface area contributed by atoms with Crippen molar-refractivity contribution in [3.63, 3.8) is 0 Å². The summed E-state index contributed by atoms with van der Waals surface area (Å²) >= 11 is 0. The number of rotatable bonds is 10. The largest absolute Gasteiger partial charge is 0.497 e. The van der Waals surface area contributed by atoms with Crippen LogP contribution < -0.4 is 4.74 Å². The molecule has 0 bridgehead atoms. The number of aryl methyl sites for hydroxylation is 1. The van der Waals surface area contributed by atoms with Gasteiger partial charge in [-0.05, 0) is 50.6 Å². The molecule has 2 aromatic rings. The molecule has 3 rings (SSSR count). The van der Waals surface area contributed by atoms with E-state index in [9.17, 15) is 8.42 Å². The second kappa shape index (κ2) is 10.6. The molecule has 174 valence electrons. The summed E-state index contributed by atoms with van der Waals surface area (Å²) < 4.78 is 52.5. The summed E-state index contributed by atoms with van der Waals surface area (Å²) in [5.41, 5.74) is 2.00. The van der Waals surface area contributed by atoms with Crippen LogP contribution in [0.25, 0.3) is 0 Å². The molecular weight excluding hydrogens is 432 g/mol. The van der Waals surface area contributed by atoms with Gasteiger partial charge in [0.05, 0.1) is 31.8 Å². The van der Waals surface area contributed by atoms with Crippen molar-refractivity contribution in [2.24, 2.45) is 0 Å². The van der Waals surface area contributed by atoms with Crippen molar-refractivity contribution in [3.05, 3.63) is 71.8 Å². The van der Waals surface area contributed by atoms with Crippen LogP contribution in [0.1, 0.15) is 25.0 Å². The smallest absolute Gasteiger partial charge is 0.297 e. The number of hydrogen-bond donors (Lipinski definition) is 0. The Labute approximate surface area is 190 Å². The number of ether oxygens (including phenoxy) is 4. The van der Waals surface area contributed by atoms with E-state index < -0.39 is 15.9 Å². The molecule has 0 aliphatic carbocycles. The average molecular weight is 463 g/mol. The molecule has 0 radical (unpaired) electrons. The second-order valence-corrected chi connectivity index (χ2v) is 9.60. The third kappa shape index (κ3) is 6.88. The van der Waals surface area contributed by atoms with Gasteiger partial charge >= 0.3 is 0 Å². The van der Waals surface area contributed by atoms with Crippen LogP contribution in [0, 0.1) is 6.92 Å². The molecular formula is C24H30O7S. The van der Waals surface area contributed by atoms with Crippen molar-refractivity contribution in [1.82, 2.24) is 0 Å². The fourth-order valence-corrected chi connectivity index (χ4v) is 4.12. The first-order valence-electron chi connectivity index (χ1n) is 10.4. The summed E-state index contributed by atoms with van der Waals surface area (Å²) in [4.78, 5) is 0.128. The Morgan fingerprint density at radius 1 is 1.03 bits per heavy atom. The molecule has 0 unspecified atom stereocenters. The summed E-state index contributed by atoms with van der Waals surface area (Å²) in [5, 5.41) is 0. The highest BCUT2D eigenvalue weighted by Gasteiger charge is 2.40. The van der Waals surface area contributed by atoms with Gasteiger partial charge in [0.15, 0.2) is 5.79 Å². The molecule has 0 N–H and O–H groups in total. The zero-order valence-corrected chi connectivity index (χ0v) is 19.6. The van der Waals surface area contributed by atoms with Crippen molar-refractivity contribution in [2.45, 2.75) is 50.3 Å². The highest BCUT2D eigenvalue weighted by molar-refractivity contribution is 7.86.